The summed E-state index contributed by atoms with van der Waals surface area (Å²) in [6, 6.07) is 3.41. The first-order chi connectivity index (χ1) is 6.90. The zero-order chi connectivity index (χ0) is 9.80. The predicted octanol–water partition coefficient (Wildman–Crippen LogP) is 0.231. The minimum atomic E-state index is 0.445. The van der Waals surface area contributed by atoms with Crippen LogP contribution in [0.2, 0.25) is 0 Å². The van der Waals surface area contributed by atoms with Crippen LogP contribution in [0, 0.1) is 0 Å². The molecule has 2 aromatic rings. The van der Waals surface area contributed by atoms with E-state index in [4.69, 9.17) is 0 Å². The maximum Gasteiger partial charge on any atom is 0.212 e. The van der Waals surface area contributed by atoms with E-state index in [9.17, 15) is 4.79 Å². The Morgan fingerprint density at radius 3 is 3.07 bits per heavy atom. The van der Waals surface area contributed by atoms with E-state index in [-0.39, 0.29) is 0 Å². The molecule has 2 aromatic heterocycles. The summed E-state index contributed by atoms with van der Waals surface area (Å²) in [7, 11) is 0. The largest absolute Gasteiger partial charge is 0.313 e. The zero-order valence-electron chi connectivity index (χ0n) is 7.16. The highest BCUT2D eigenvalue weighted by Gasteiger charge is 1.99. The summed E-state index contributed by atoms with van der Waals surface area (Å²) >= 11 is 0. The van der Waals surface area contributed by atoms with E-state index >= 15 is 0 Å². The molecular weight excluding hydrogens is 182 g/mol. The number of hydrogen-bond donors (Lipinski definition) is 1. The molecule has 0 saturated carbocycles. The van der Waals surface area contributed by atoms with Gasteiger partial charge in [0, 0.05) is 18.5 Å². The second-order valence-electron chi connectivity index (χ2n) is 2.47. The Kier molecular flexibility index (Phi) is 2.18. The van der Waals surface area contributed by atoms with Crippen LogP contribution in [0.25, 0.3) is 5.82 Å². The SMILES string of the molecule is O=CNc1cc(-n2cccn2)ncn1. The summed E-state index contributed by atoms with van der Waals surface area (Å²) in [6.45, 7) is 0. The van der Waals surface area contributed by atoms with Gasteiger partial charge in [-0.15, -0.1) is 0 Å². The van der Waals surface area contributed by atoms with Crippen LogP contribution >= 0.6 is 0 Å². The molecule has 14 heavy (non-hydrogen) atoms. The van der Waals surface area contributed by atoms with Crippen molar-refractivity contribution in [3.63, 3.8) is 0 Å². The van der Waals surface area contributed by atoms with Gasteiger partial charge < -0.3 is 5.32 Å². The summed E-state index contributed by atoms with van der Waals surface area (Å²) in [5.41, 5.74) is 0. The van der Waals surface area contributed by atoms with Crippen molar-refractivity contribution in [3.8, 4) is 5.82 Å². The molecule has 0 fully saturated rings. The average molecular weight is 189 g/mol. The van der Waals surface area contributed by atoms with Crippen LogP contribution in [0.3, 0.4) is 0 Å². The van der Waals surface area contributed by atoms with Crippen molar-refractivity contribution < 1.29 is 4.79 Å². The van der Waals surface area contributed by atoms with E-state index in [2.05, 4.69) is 20.4 Å². The maximum absolute atomic E-state index is 10.2. The molecule has 0 unspecified atom stereocenters. The molecule has 0 aliphatic heterocycles. The Morgan fingerprint density at radius 1 is 1.43 bits per heavy atom. The third kappa shape index (κ3) is 1.58. The van der Waals surface area contributed by atoms with Gasteiger partial charge >= 0.3 is 0 Å². The van der Waals surface area contributed by atoms with Gasteiger partial charge in [0.2, 0.25) is 6.41 Å². The Balaban J connectivity index is 2.35. The molecule has 70 valence electrons. The maximum atomic E-state index is 10.2. The van der Waals surface area contributed by atoms with Crippen LogP contribution in [-0.2, 0) is 4.79 Å². The zero-order valence-corrected chi connectivity index (χ0v) is 7.16. The number of nitrogens with zero attached hydrogens (tertiary/aromatic N) is 4. The summed E-state index contributed by atoms with van der Waals surface area (Å²) < 4.78 is 1.58. The summed E-state index contributed by atoms with van der Waals surface area (Å²) in [6.07, 6.45) is 5.33. The molecule has 0 radical (unpaired) electrons. The van der Waals surface area contributed by atoms with Gasteiger partial charge in [-0.05, 0) is 6.07 Å². The van der Waals surface area contributed by atoms with E-state index in [1.54, 1.807) is 29.2 Å². The number of rotatable bonds is 3. The topological polar surface area (TPSA) is 72.7 Å². The molecule has 0 spiro atoms. The quantitative estimate of drug-likeness (QED) is 0.701. The molecule has 6 heteroatoms. The first kappa shape index (κ1) is 8.36. The second kappa shape index (κ2) is 3.65. The number of carbonyl (C=O) groups excluding carboxylic acids is 1. The highest BCUT2D eigenvalue weighted by molar-refractivity contribution is 5.69. The second-order valence-corrected chi connectivity index (χ2v) is 2.47. The van der Waals surface area contributed by atoms with Crippen molar-refractivity contribution in [2.75, 3.05) is 5.32 Å². The minimum Gasteiger partial charge on any atom is -0.313 e. The molecule has 0 aromatic carbocycles. The highest BCUT2D eigenvalue weighted by Crippen LogP contribution is 2.06. The van der Waals surface area contributed by atoms with Gasteiger partial charge in [0.25, 0.3) is 0 Å². The van der Waals surface area contributed by atoms with Gasteiger partial charge in [0.05, 0.1) is 0 Å². The first-order valence-electron chi connectivity index (χ1n) is 3.92. The first-order valence-corrected chi connectivity index (χ1v) is 3.92. The van der Waals surface area contributed by atoms with Crippen molar-refractivity contribution in [1.82, 2.24) is 19.7 Å². The number of carbonyl (C=O) groups is 1. The summed E-state index contributed by atoms with van der Waals surface area (Å²) in [4.78, 5) is 18.0. The van der Waals surface area contributed by atoms with Crippen LogP contribution in [0.15, 0.2) is 30.9 Å². The molecule has 6 nitrogen and oxygen atoms in total. The number of aromatic nitrogens is 4. The Labute approximate surface area is 79.6 Å². The lowest BCUT2D eigenvalue weighted by Gasteiger charge is -2.01. The van der Waals surface area contributed by atoms with Gasteiger partial charge in [-0.2, -0.15) is 5.10 Å². The van der Waals surface area contributed by atoms with Crippen LogP contribution in [0.1, 0.15) is 0 Å². The smallest absolute Gasteiger partial charge is 0.212 e. The molecular formula is C8H7N5O. The van der Waals surface area contributed by atoms with E-state index < -0.39 is 0 Å². The Bertz CT molecular complexity index is 425. The molecule has 1 N–H and O–H groups in total. The summed E-state index contributed by atoms with van der Waals surface area (Å²) in [5.74, 6) is 1.05. The number of hydrogen-bond acceptors (Lipinski definition) is 4. The molecule has 0 aliphatic carbocycles. The number of amides is 1. The molecule has 0 bridgehead atoms. The van der Waals surface area contributed by atoms with E-state index in [0.717, 1.165) is 0 Å². The van der Waals surface area contributed by atoms with E-state index in [1.165, 1.54) is 6.33 Å². The van der Waals surface area contributed by atoms with Crippen molar-refractivity contribution in [2.24, 2.45) is 0 Å². The molecule has 0 saturated heterocycles. The van der Waals surface area contributed by atoms with E-state index in [1.807, 2.05) is 0 Å². The van der Waals surface area contributed by atoms with Gasteiger partial charge in [0.15, 0.2) is 5.82 Å². The van der Waals surface area contributed by atoms with Crippen LogP contribution in [0.5, 0.6) is 0 Å². The lowest BCUT2D eigenvalue weighted by molar-refractivity contribution is -0.105. The Hall–Kier alpha value is -2.24. The normalized spacial score (nSPS) is 9.71. The lowest BCUT2D eigenvalue weighted by Crippen LogP contribution is -2.02. The van der Waals surface area contributed by atoms with Crippen molar-refractivity contribution >= 4 is 12.2 Å². The fraction of sp³-hybridized carbons (Fsp3) is 0. The van der Waals surface area contributed by atoms with Crippen molar-refractivity contribution in [2.45, 2.75) is 0 Å². The molecule has 1 amide bonds. The van der Waals surface area contributed by atoms with Gasteiger partial charge in [0.1, 0.15) is 12.1 Å². The molecule has 0 aliphatic rings. The molecule has 0 atom stereocenters. The van der Waals surface area contributed by atoms with Crippen LogP contribution < -0.4 is 5.32 Å². The van der Waals surface area contributed by atoms with Crippen LogP contribution in [-0.4, -0.2) is 26.2 Å². The molecule has 2 rings (SSSR count). The predicted molar refractivity (Wildman–Crippen MR) is 48.8 cm³/mol. The third-order valence-corrected chi connectivity index (χ3v) is 1.60. The fourth-order valence-electron chi connectivity index (χ4n) is 1.02. The monoisotopic (exact) mass is 189 g/mol. The third-order valence-electron chi connectivity index (χ3n) is 1.60. The standard InChI is InChI=1S/C8H7N5O/c14-6-11-7-4-8(10-5-9-7)13-3-1-2-12-13/h1-6H,(H,9,10,11,14). The number of anilines is 1. The van der Waals surface area contributed by atoms with Gasteiger partial charge in [-0.3, -0.25) is 4.79 Å². The number of nitrogens with one attached hydrogen (secondary N) is 1. The van der Waals surface area contributed by atoms with Gasteiger partial charge in [-0.1, -0.05) is 0 Å². The van der Waals surface area contributed by atoms with E-state index in [0.29, 0.717) is 18.0 Å². The van der Waals surface area contributed by atoms with Crippen molar-refractivity contribution in [1.29, 1.82) is 0 Å². The lowest BCUT2D eigenvalue weighted by atomic mass is 10.5. The summed E-state index contributed by atoms with van der Waals surface area (Å²) in [5, 5.41) is 6.44. The van der Waals surface area contributed by atoms with Crippen molar-refractivity contribution in [3.05, 3.63) is 30.9 Å². The Morgan fingerprint density at radius 2 is 2.36 bits per heavy atom. The van der Waals surface area contributed by atoms with Crippen LogP contribution in [0.4, 0.5) is 5.82 Å². The fourth-order valence-corrected chi connectivity index (χ4v) is 1.02. The average Bonchev–Trinajstić information content (AvgIpc) is 2.71. The van der Waals surface area contributed by atoms with Gasteiger partial charge in [-0.25, -0.2) is 14.6 Å². The molecule has 2 heterocycles. The minimum absolute atomic E-state index is 0.445. The highest BCUT2D eigenvalue weighted by atomic mass is 16.1.